The number of benzene rings is 1. The summed E-state index contributed by atoms with van der Waals surface area (Å²) in [5, 5.41) is 14.6. The van der Waals surface area contributed by atoms with Gasteiger partial charge in [-0.25, -0.2) is 4.68 Å². The van der Waals surface area contributed by atoms with Crippen LogP contribution in [-0.4, -0.2) is 20.0 Å². The summed E-state index contributed by atoms with van der Waals surface area (Å²) in [5.41, 5.74) is 3.15. The highest BCUT2D eigenvalue weighted by Crippen LogP contribution is 2.25. The second kappa shape index (κ2) is 4.34. The molecule has 0 aliphatic heterocycles. The molecular weight excluding hydrogens is 244 g/mol. The molecule has 0 unspecified atom stereocenters. The lowest BCUT2D eigenvalue weighted by atomic mass is 10.2. The van der Waals surface area contributed by atoms with Gasteiger partial charge in [0.15, 0.2) is 0 Å². The third-order valence-electron chi connectivity index (χ3n) is 2.63. The maximum absolute atomic E-state index is 4.41. The van der Waals surface area contributed by atoms with E-state index in [-0.39, 0.29) is 0 Å². The minimum Gasteiger partial charge on any atom is -0.209 e. The average Bonchev–Trinajstić information content (AvgIpc) is 2.97. The van der Waals surface area contributed by atoms with Gasteiger partial charge in [0.2, 0.25) is 5.13 Å². The lowest BCUT2D eigenvalue weighted by Crippen LogP contribution is -1.97. The summed E-state index contributed by atoms with van der Waals surface area (Å²) >= 11 is 1.54. The first kappa shape index (κ1) is 11.1. The molecule has 0 amide bonds. The molecule has 18 heavy (non-hydrogen) atoms. The number of hydrogen-bond acceptors (Lipinski definition) is 4. The molecule has 1 aromatic carbocycles. The lowest BCUT2D eigenvalue weighted by Gasteiger charge is -1.96. The Morgan fingerprint density at radius 1 is 1.06 bits per heavy atom. The SMILES string of the molecule is Cc1cc(C)n(-c2nnc(-c3ccccc3)s2)n1. The molecule has 0 saturated heterocycles. The van der Waals surface area contributed by atoms with Crippen molar-refractivity contribution in [1.82, 2.24) is 20.0 Å². The van der Waals surface area contributed by atoms with E-state index in [2.05, 4.69) is 15.3 Å². The Morgan fingerprint density at radius 3 is 2.50 bits per heavy atom. The molecule has 5 heteroatoms. The van der Waals surface area contributed by atoms with E-state index < -0.39 is 0 Å². The summed E-state index contributed by atoms with van der Waals surface area (Å²) in [5.74, 6) is 0. The molecule has 0 aliphatic carbocycles. The van der Waals surface area contributed by atoms with Gasteiger partial charge in [-0.1, -0.05) is 41.7 Å². The Bertz CT molecular complexity index is 669. The first-order valence-electron chi connectivity index (χ1n) is 5.66. The zero-order chi connectivity index (χ0) is 12.5. The van der Waals surface area contributed by atoms with Crippen LogP contribution < -0.4 is 0 Å². The Labute approximate surface area is 109 Å². The smallest absolute Gasteiger partial charge is 0.209 e. The van der Waals surface area contributed by atoms with Crippen molar-refractivity contribution in [3.8, 4) is 15.7 Å². The fourth-order valence-electron chi connectivity index (χ4n) is 1.82. The molecule has 0 atom stereocenters. The van der Waals surface area contributed by atoms with Gasteiger partial charge in [-0.05, 0) is 19.9 Å². The zero-order valence-corrected chi connectivity index (χ0v) is 11.0. The topological polar surface area (TPSA) is 43.6 Å². The molecule has 2 aromatic heterocycles. The second-order valence-corrected chi connectivity index (χ2v) is 5.05. The third kappa shape index (κ3) is 1.93. The zero-order valence-electron chi connectivity index (χ0n) is 10.2. The minimum atomic E-state index is 0.805. The van der Waals surface area contributed by atoms with Crippen LogP contribution in [0.2, 0.25) is 0 Å². The Balaban J connectivity index is 2.02. The van der Waals surface area contributed by atoms with Gasteiger partial charge in [-0.15, -0.1) is 10.2 Å². The number of aromatic nitrogens is 4. The van der Waals surface area contributed by atoms with Crippen LogP contribution in [-0.2, 0) is 0 Å². The number of aryl methyl sites for hydroxylation is 2. The van der Waals surface area contributed by atoms with Crippen molar-refractivity contribution < 1.29 is 0 Å². The van der Waals surface area contributed by atoms with Gasteiger partial charge in [-0.2, -0.15) is 5.10 Å². The third-order valence-corrected chi connectivity index (χ3v) is 3.57. The average molecular weight is 256 g/mol. The summed E-state index contributed by atoms with van der Waals surface area (Å²) in [6.07, 6.45) is 0. The highest BCUT2D eigenvalue weighted by atomic mass is 32.1. The summed E-state index contributed by atoms with van der Waals surface area (Å²) in [4.78, 5) is 0. The summed E-state index contributed by atoms with van der Waals surface area (Å²) in [7, 11) is 0. The van der Waals surface area contributed by atoms with Crippen molar-refractivity contribution in [2.24, 2.45) is 0 Å². The molecule has 0 bridgehead atoms. The first-order valence-corrected chi connectivity index (χ1v) is 6.48. The summed E-state index contributed by atoms with van der Waals surface area (Å²) in [6, 6.07) is 12.1. The Hall–Kier alpha value is -2.01. The Kier molecular flexibility index (Phi) is 2.68. The molecule has 0 N–H and O–H groups in total. The van der Waals surface area contributed by atoms with Crippen molar-refractivity contribution in [2.45, 2.75) is 13.8 Å². The first-order chi connectivity index (χ1) is 8.74. The van der Waals surface area contributed by atoms with Crippen molar-refractivity contribution in [1.29, 1.82) is 0 Å². The molecule has 3 aromatic rings. The molecule has 0 aliphatic rings. The molecule has 4 nitrogen and oxygen atoms in total. The lowest BCUT2D eigenvalue weighted by molar-refractivity contribution is 0.809. The molecule has 3 rings (SSSR count). The van der Waals surface area contributed by atoms with E-state index in [1.807, 2.05) is 54.9 Å². The van der Waals surface area contributed by atoms with Crippen LogP contribution in [0.4, 0.5) is 0 Å². The van der Waals surface area contributed by atoms with Crippen molar-refractivity contribution in [3.63, 3.8) is 0 Å². The maximum Gasteiger partial charge on any atom is 0.233 e. The van der Waals surface area contributed by atoms with Gasteiger partial charge in [0.05, 0.1) is 5.69 Å². The monoisotopic (exact) mass is 256 g/mol. The highest BCUT2D eigenvalue weighted by molar-refractivity contribution is 7.17. The highest BCUT2D eigenvalue weighted by Gasteiger charge is 2.10. The minimum absolute atomic E-state index is 0.805. The molecule has 90 valence electrons. The Morgan fingerprint density at radius 2 is 1.83 bits per heavy atom. The van der Waals surface area contributed by atoms with E-state index in [0.29, 0.717) is 0 Å². The van der Waals surface area contributed by atoms with Crippen LogP contribution >= 0.6 is 11.3 Å². The van der Waals surface area contributed by atoms with Gasteiger partial charge in [0, 0.05) is 11.3 Å². The van der Waals surface area contributed by atoms with Crippen LogP contribution in [0.25, 0.3) is 15.7 Å². The fraction of sp³-hybridized carbons (Fsp3) is 0.154. The molecule has 0 radical (unpaired) electrons. The number of hydrogen-bond donors (Lipinski definition) is 0. The normalized spacial score (nSPS) is 10.8. The maximum atomic E-state index is 4.41. The van der Waals surface area contributed by atoms with Gasteiger partial charge < -0.3 is 0 Å². The van der Waals surface area contributed by atoms with Crippen molar-refractivity contribution in [3.05, 3.63) is 47.8 Å². The fourth-order valence-corrected chi connectivity index (χ4v) is 2.68. The predicted octanol–water partition coefficient (Wildman–Crippen LogP) is 3.01. The van der Waals surface area contributed by atoms with Crippen LogP contribution in [0.1, 0.15) is 11.4 Å². The van der Waals surface area contributed by atoms with E-state index in [1.165, 1.54) is 0 Å². The number of rotatable bonds is 2. The summed E-state index contributed by atoms with van der Waals surface area (Å²) < 4.78 is 1.83. The summed E-state index contributed by atoms with van der Waals surface area (Å²) in [6.45, 7) is 3.99. The van der Waals surface area contributed by atoms with E-state index >= 15 is 0 Å². The van der Waals surface area contributed by atoms with Crippen LogP contribution in [0.3, 0.4) is 0 Å². The van der Waals surface area contributed by atoms with Crippen molar-refractivity contribution >= 4 is 11.3 Å². The quantitative estimate of drug-likeness (QED) is 0.708. The van der Waals surface area contributed by atoms with Gasteiger partial charge in [0.25, 0.3) is 0 Å². The van der Waals surface area contributed by atoms with Gasteiger partial charge >= 0.3 is 0 Å². The molecule has 0 fully saturated rings. The van der Waals surface area contributed by atoms with Crippen LogP contribution in [0, 0.1) is 13.8 Å². The van der Waals surface area contributed by atoms with Crippen molar-refractivity contribution in [2.75, 3.05) is 0 Å². The van der Waals surface area contributed by atoms with E-state index in [0.717, 1.165) is 27.1 Å². The molecule has 2 heterocycles. The van der Waals surface area contributed by atoms with Crippen LogP contribution in [0.5, 0.6) is 0 Å². The predicted molar refractivity (Wildman–Crippen MR) is 71.9 cm³/mol. The largest absolute Gasteiger partial charge is 0.233 e. The standard InChI is InChI=1S/C13H12N4S/c1-9-8-10(2)17(16-9)13-15-14-12(18-13)11-6-4-3-5-7-11/h3-8H,1-2H3. The van der Waals surface area contributed by atoms with Crippen LogP contribution in [0.15, 0.2) is 36.4 Å². The van der Waals surface area contributed by atoms with E-state index in [9.17, 15) is 0 Å². The second-order valence-electron chi connectivity index (χ2n) is 4.09. The van der Waals surface area contributed by atoms with Gasteiger partial charge in [0.1, 0.15) is 5.01 Å². The van der Waals surface area contributed by atoms with E-state index in [1.54, 1.807) is 11.3 Å². The molecule has 0 spiro atoms. The molecular formula is C13H12N4S. The number of nitrogens with zero attached hydrogens (tertiary/aromatic N) is 4. The van der Waals surface area contributed by atoms with Gasteiger partial charge in [-0.3, -0.25) is 0 Å². The van der Waals surface area contributed by atoms with E-state index in [4.69, 9.17) is 0 Å². The molecule has 0 saturated carbocycles.